The highest BCUT2D eigenvalue weighted by atomic mass is 35.5. The number of aryl methyl sites for hydroxylation is 8. The summed E-state index contributed by atoms with van der Waals surface area (Å²) in [6, 6.07) is 14.7. The standard InChI is InChI=1S/C20H27ClN2O4.2C19H25ClN2O4.C18H23ClN2O4/c1-6-27-23-19(24)17(16-13(2)11-15(21)12-14(16)3)18(25-4)20(23)7-9-22(26-5)10-8-20;1-12-10-14(20)11-13(2)15(12)16-17(24-3)19(22(26-5)18(16)23)6-8-21(25-4)9-7-19;1-5-26-22-18(24)16(15-12(2)10-14(20)11-13(15)3)17(23)19(22)6-8-21(25-4)9-7-19;1-11-9-13(19)10-12(2)14(11)15-16(22)18(21(25-4)17(15)23)5-7-20(24-3)8-6-18/h11-12H,6-10H2,1-5H3;10-11H,6-9H2,1-5H3;10-11,16H,5-9H2,1-4H3;9-10,15H,5-8H2,1-4H3. The Morgan fingerprint density at radius 1 is 0.346 bits per heavy atom. The highest BCUT2D eigenvalue weighted by Gasteiger charge is 2.63. The fraction of sp³-hybridized carbons (Fsp3) is 0.553. The van der Waals surface area contributed by atoms with E-state index in [1.165, 1.54) is 34.5 Å². The van der Waals surface area contributed by atoms with Crippen LogP contribution in [0.2, 0.25) is 20.1 Å². The second-order valence-electron chi connectivity index (χ2n) is 27.4. The van der Waals surface area contributed by atoms with Crippen LogP contribution in [0.1, 0.15) is 144 Å². The van der Waals surface area contributed by atoms with Crippen LogP contribution in [-0.2, 0) is 76.9 Å². The van der Waals surface area contributed by atoms with Crippen LogP contribution in [0.15, 0.2) is 60.0 Å². The van der Waals surface area contributed by atoms with Gasteiger partial charge in [-0.3, -0.25) is 48.1 Å². The van der Waals surface area contributed by atoms with Crippen molar-refractivity contribution < 1.29 is 76.9 Å². The van der Waals surface area contributed by atoms with Crippen LogP contribution in [0.4, 0.5) is 0 Å². The number of benzene rings is 4. The first-order valence-corrected chi connectivity index (χ1v) is 36.6. The van der Waals surface area contributed by atoms with Crippen molar-refractivity contribution in [1.82, 2.24) is 40.5 Å². The van der Waals surface area contributed by atoms with Gasteiger partial charge in [-0.2, -0.15) is 20.3 Å². The summed E-state index contributed by atoms with van der Waals surface area (Å²) in [6.07, 6.45) is 4.64. The van der Waals surface area contributed by atoms with Gasteiger partial charge in [0, 0.05) is 72.4 Å². The monoisotopic (exact) mass is 1520 g/mol. The first-order valence-electron chi connectivity index (χ1n) is 35.1. The van der Waals surface area contributed by atoms with Crippen LogP contribution < -0.4 is 0 Å². The van der Waals surface area contributed by atoms with Crippen LogP contribution in [0, 0.1) is 55.4 Å². The number of ketones is 2. The molecule has 12 rings (SSSR count). The molecule has 0 aromatic heterocycles. The minimum Gasteiger partial charge on any atom is -0.498 e. The van der Waals surface area contributed by atoms with E-state index in [4.69, 9.17) is 94.6 Å². The summed E-state index contributed by atoms with van der Waals surface area (Å²) in [4.78, 5) is 124. The SMILES string of the molecule is CCON1C(=O)C(c2c(C)cc(Cl)cc2C)=C(OC)C12CCN(OC)CC2.CCON1C(=O)C(c2c(C)cc(Cl)cc2C)C(=O)C12CCN(OC)CC2.COC1=C(c2c(C)cc(Cl)cc2C)C(=O)N(OC)C12CCN(OC)CC2.CON1CCC2(CC1)C(=O)C(c1c(C)cc(Cl)cc1C)C(=O)N2OC. The fourth-order valence-electron chi connectivity index (χ4n) is 17.0. The smallest absolute Gasteiger partial charge is 0.282 e. The molecule has 4 spiro atoms. The van der Waals surface area contributed by atoms with E-state index in [2.05, 4.69) is 0 Å². The first-order chi connectivity index (χ1) is 49.5. The van der Waals surface area contributed by atoms with Crippen molar-refractivity contribution in [3.63, 3.8) is 0 Å². The van der Waals surface area contributed by atoms with Crippen molar-refractivity contribution in [2.24, 2.45) is 0 Å². The molecule has 8 aliphatic heterocycles. The molecule has 8 aliphatic rings. The molecule has 0 bridgehead atoms. The summed E-state index contributed by atoms with van der Waals surface area (Å²) in [5.74, 6) is -1.44. The molecular formula is C76H100Cl4N8O16. The number of carbonyl (C=O) groups excluding carboxylic acids is 6. The largest absolute Gasteiger partial charge is 0.498 e. The van der Waals surface area contributed by atoms with E-state index in [-0.39, 0.29) is 35.2 Å². The zero-order chi connectivity index (χ0) is 76.2. The molecule has 8 heterocycles. The van der Waals surface area contributed by atoms with Crippen molar-refractivity contribution in [3.05, 3.63) is 147 Å². The molecule has 6 saturated heterocycles. The number of nitrogens with zero attached hydrogens (tertiary/aromatic N) is 8. The number of amides is 4. The summed E-state index contributed by atoms with van der Waals surface area (Å²) in [5, 5.41) is 15.5. The lowest BCUT2D eigenvalue weighted by molar-refractivity contribution is -0.231. The number of methoxy groups -OCH3 is 2. The molecule has 104 heavy (non-hydrogen) atoms. The predicted octanol–water partition coefficient (Wildman–Crippen LogP) is 11.8. The van der Waals surface area contributed by atoms with Crippen LogP contribution in [0.3, 0.4) is 0 Å². The number of rotatable bonds is 16. The van der Waals surface area contributed by atoms with Crippen LogP contribution in [0.5, 0.6) is 0 Å². The summed E-state index contributed by atoms with van der Waals surface area (Å²) < 4.78 is 11.7. The number of hydroxylamine groups is 16. The maximum absolute atomic E-state index is 13.5. The van der Waals surface area contributed by atoms with E-state index >= 15 is 0 Å². The predicted molar refractivity (Wildman–Crippen MR) is 394 cm³/mol. The van der Waals surface area contributed by atoms with Gasteiger partial charge in [0.05, 0.1) is 81.2 Å². The average molecular weight is 1520 g/mol. The Bertz CT molecular complexity index is 3880. The van der Waals surface area contributed by atoms with Crippen molar-refractivity contribution in [2.45, 2.75) is 155 Å². The van der Waals surface area contributed by atoms with Crippen molar-refractivity contribution >= 4 is 92.7 Å². The zero-order valence-electron chi connectivity index (χ0n) is 63.1. The molecule has 0 N–H and O–H groups in total. The molecule has 0 aliphatic carbocycles. The van der Waals surface area contributed by atoms with Crippen molar-refractivity contribution in [2.75, 3.05) is 122 Å². The Kier molecular flexibility index (Phi) is 26.8. The minimum atomic E-state index is -0.927. The Hall–Kier alpha value is -6.14. The summed E-state index contributed by atoms with van der Waals surface area (Å²) >= 11 is 24.6. The molecular weight excluding hydrogens is 1420 g/mol. The van der Waals surface area contributed by atoms with Crippen molar-refractivity contribution in [3.8, 4) is 0 Å². The van der Waals surface area contributed by atoms with E-state index in [9.17, 15) is 28.8 Å². The van der Waals surface area contributed by atoms with E-state index < -0.39 is 34.0 Å². The lowest BCUT2D eigenvalue weighted by Crippen LogP contribution is -2.56. The topological polar surface area (TPSA) is 221 Å². The quantitative estimate of drug-likeness (QED) is 0.0952. The fourth-order valence-corrected chi connectivity index (χ4v) is 18.3. The summed E-state index contributed by atoms with van der Waals surface area (Å²) in [6.45, 7) is 24.8. The molecule has 24 nitrogen and oxygen atoms in total. The summed E-state index contributed by atoms with van der Waals surface area (Å²) in [7, 11) is 12.8. The number of ether oxygens (including phenoxy) is 2. The van der Waals surface area contributed by atoms with Crippen LogP contribution in [0.25, 0.3) is 11.1 Å². The molecule has 4 amide bonds. The van der Waals surface area contributed by atoms with E-state index in [0.29, 0.717) is 160 Å². The van der Waals surface area contributed by atoms with Crippen LogP contribution in [-0.4, -0.2) is 220 Å². The van der Waals surface area contributed by atoms with Crippen molar-refractivity contribution in [1.29, 1.82) is 0 Å². The number of hydrogen-bond donors (Lipinski definition) is 0. The molecule has 568 valence electrons. The van der Waals surface area contributed by atoms with Gasteiger partial charge in [-0.25, -0.2) is 20.3 Å². The van der Waals surface area contributed by atoms with E-state index in [1.807, 2.05) is 104 Å². The van der Waals surface area contributed by atoms with E-state index in [1.54, 1.807) is 77.1 Å². The lowest BCUT2D eigenvalue weighted by Gasteiger charge is -2.43. The molecule has 0 radical (unpaired) electrons. The molecule has 6 fully saturated rings. The number of piperidine rings is 4. The third-order valence-corrected chi connectivity index (χ3v) is 22.6. The second-order valence-corrected chi connectivity index (χ2v) is 29.1. The van der Waals surface area contributed by atoms with Gasteiger partial charge < -0.3 is 28.8 Å². The highest BCUT2D eigenvalue weighted by molar-refractivity contribution is 6.32. The Morgan fingerprint density at radius 3 is 0.875 bits per heavy atom. The van der Waals surface area contributed by atoms with E-state index in [0.717, 1.165) is 66.8 Å². The Labute approximate surface area is 630 Å². The first kappa shape index (κ1) is 81.9. The van der Waals surface area contributed by atoms with Crippen LogP contribution >= 0.6 is 46.4 Å². The third kappa shape index (κ3) is 15.0. The second kappa shape index (κ2) is 34.0. The molecule has 2 atom stereocenters. The highest BCUT2D eigenvalue weighted by Crippen LogP contribution is 2.52. The van der Waals surface area contributed by atoms with Gasteiger partial charge in [0.25, 0.3) is 23.6 Å². The third-order valence-electron chi connectivity index (χ3n) is 21.7. The summed E-state index contributed by atoms with van der Waals surface area (Å²) in [5.41, 5.74) is 8.44. The number of Topliss-reactive ketones (excluding diaryl/α,β-unsaturated/α-hetero) is 2. The van der Waals surface area contributed by atoms with Gasteiger partial charge in [0.1, 0.15) is 45.5 Å². The molecule has 0 saturated carbocycles. The molecule has 2 unspecified atom stereocenters. The van der Waals surface area contributed by atoms with Gasteiger partial charge in [0.15, 0.2) is 11.6 Å². The van der Waals surface area contributed by atoms with Gasteiger partial charge in [-0.05, 0) is 236 Å². The van der Waals surface area contributed by atoms with Gasteiger partial charge in [-0.15, -0.1) is 0 Å². The lowest BCUT2D eigenvalue weighted by atomic mass is 9.79. The van der Waals surface area contributed by atoms with Gasteiger partial charge >= 0.3 is 0 Å². The average Bonchev–Trinajstić information content (AvgIpc) is 1.60. The number of carbonyl (C=O) groups is 6. The Morgan fingerprint density at radius 2 is 0.596 bits per heavy atom. The zero-order valence-corrected chi connectivity index (χ0v) is 66.1. The maximum Gasteiger partial charge on any atom is 0.282 e. The molecule has 4 aromatic carbocycles. The maximum atomic E-state index is 13.5. The number of halogens is 4. The number of hydrogen-bond acceptors (Lipinski definition) is 20. The normalized spacial score (nSPS) is 21.8. The molecule has 4 aromatic rings. The molecule has 28 heteroatoms. The van der Waals surface area contributed by atoms with Gasteiger partial charge in [0.2, 0.25) is 0 Å². The minimum absolute atomic E-state index is 0.0831. The van der Waals surface area contributed by atoms with Gasteiger partial charge in [-0.1, -0.05) is 46.4 Å². The Balaban J connectivity index is 0.000000161.